The average molecular weight is 283 g/mol. The van der Waals surface area contributed by atoms with Gasteiger partial charge in [0, 0.05) is 12.6 Å². The van der Waals surface area contributed by atoms with Crippen molar-refractivity contribution in [3.05, 3.63) is 22.7 Å². The molecule has 0 saturated heterocycles. The largest absolute Gasteiger partial charge is 0.493 e. The van der Waals surface area contributed by atoms with E-state index in [9.17, 15) is 4.79 Å². The Kier molecular flexibility index (Phi) is 5.97. The van der Waals surface area contributed by atoms with Crippen molar-refractivity contribution in [2.45, 2.75) is 13.3 Å². The number of amides is 1. The van der Waals surface area contributed by atoms with Crippen molar-refractivity contribution in [1.82, 2.24) is 5.32 Å². The zero-order valence-corrected chi connectivity index (χ0v) is 11.6. The zero-order chi connectivity index (χ0) is 14.3. The SMILES string of the molecule is CCCNC(=O)COc1c(Cl)cc(C#N)cc1OC. The van der Waals surface area contributed by atoms with Crippen LogP contribution in [-0.2, 0) is 4.79 Å². The molecule has 1 aromatic carbocycles. The molecule has 1 aromatic rings. The van der Waals surface area contributed by atoms with Gasteiger partial charge in [-0.05, 0) is 12.5 Å². The summed E-state index contributed by atoms with van der Waals surface area (Å²) in [6, 6.07) is 4.93. The zero-order valence-electron chi connectivity index (χ0n) is 10.8. The van der Waals surface area contributed by atoms with E-state index in [1.165, 1.54) is 19.2 Å². The van der Waals surface area contributed by atoms with Crippen LogP contribution in [0.2, 0.25) is 5.02 Å². The van der Waals surface area contributed by atoms with Gasteiger partial charge in [-0.2, -0.15) is 5.26 Å². The van der Waals surface area contributed by atoms with Crippen LogP contribution in [0.5, 0.6) is 11.5 Å². The number of ether oxygens (including phenoxy) is 2. The number of hydrogen-bond donors (Lipinski definition) is 1. The van der Waals surface area contributed by atoms with Gasteiger partial charge >= 0.3 is 0 Å². The Morgan fingerprint density at radius 3 is 2.84 bits per heavy atom. The quantitative estimate of drug-likeness (QED) is 0.867. The summed E-state index contributed by atoms with van der Waals surface area (Å²) in [5.41, 5.74) is 0.365. The molecule has 0 heterocycles. The minimum atomic E-state index is -0.232. The molecule has 5 nitrogen and oxygen atoms in total. The van der Waals surface area contributed by atoms with Crippen molar-refractivity contribution in [2.75, 3.05) is 20.3 Å². The Morgan fingerprint density at radius 1 is 1.53 bits per heavy atom. The van der Waals surface area contributed by atoms with Crippen molar-refractivity contribution in [3.63, 3.8) is 0 Å². The van der Waals surface area contributed by atoms with Gasteiger partial charge in [0.1, 0.15) is 0 Å². The molecule has 0 radical (unpaired) electrons. The third-order valence-corrected chi connectivity index (χ3v) is 2.56. The summed E-state index contributed by atoms with van der Waals surface area (Å²) in [6.45, 7) is 2.41. The first-order valence-corrected chi connectivity index (χ1v) is 6.17. The maximum atomic E-state index is 11.4. The normalized spacial score (nSPS) is 9.58. The number of hydrogen-bond acceptors (Lipinski definition) is 4. The van der Waals surface area contributed by atoms with Crippen LogP contribution in [0.3, 0.4) is 0 Å². The molecule has 0 unspecified atom stereocenters. The molecule has 0 aromatic heterocycles. The molecule has 1 amide bonds. The Balaban J connectivity index is 2.78. The number of benzene rings is 1. The summed E-state index contributed by atoms with van der Waals surface area (Å²) < 4.78 is 10.4. The van der Waals surface area contributed by atoms with Crippen LogP contribution in [0.15, 0.2) is 12.1 Å². The Hall–Kier alpha value is -1.93. The number of carbonyl (C=O) groups excluding carboxylic acids is 1. The number of nitriles is 1. The maximum absolute atomic E-state index is 11.4. The summed E-state index contributed by atoms with van der Waals surface area (Å²) in [7, 11) is 1.44. The smallest absolute Gasteiger partial charge is 0.257 e. The van der Waals surface area contributed by atoms with Crippen LogP contribution in [0.1, 0.15) is 18.9 Å². The molecule has 19 heavy (non-hydrogen) atoms. The number of halogens is 1. The first-order chi connectivity index (χ1) is 9.12. The van der Waals surface area contributed by atoms with Crippen molar-refractivity contribution in [1.29, 1.82) is 5.26 Å². The van der Waals surface area contributed by atoms with Crippen molar-refractivity contribution in [3.8, 4) is 17.6 Å². The molecule has 0 spiro atoms. The summed E-state index contributed by atoms with van der Waals surface area (Å²) in [5, 5.41) is 11.7. The summed E-state index contributed by atoms with van der Waals surface area (Å²) >= 11 is 5.99. The monoisotopic (exact) mass is 282 g/mol. The van der Waals surface area contributed by atoms with Gasteiger partial charge in [-0.3, -0.25) is 4.79 Å². The number of rotatable bonds is 6. The molecule has 1 rings (SSSR count). The first-order valence-electron chi connectivity index (χ1n) is 5.79. The van der Waals surface area contributed by atoms with Gasteiger partial charge in [-0.15, -0.1) is 0 Å². The summed E-state index contributed by atoms with van der Waals surface area (Å²) in [6.07, 6.45) is 0.854. The molecule has 0 saturated carbocycles. The summed E-state index contributed by atoms with van der Waals surface area (Å²) in [5.74, 6) is 0.353. The van der Waals surface area contributed by atoms with Crippen LogP contribution >= 0.6 is 11.6 Å². The summed E-state index contributed by atoms with van der Waals surface area (Å²) in [4.78, 5) is 11.4. The standard InChI is InChI=1S/C13H15ClN2O3/c1-3-4-16-12(17)8-19-13-10(14)5-9(7-15)6-11(13)18-2/h5-6H,3-4,8H2,1-2H3,(H,16,17). The molecular formula is C13H15ClN2O3. The lowest BCUT2D eigenvalue weighted by molar-refractivity contribution is -0.123. The van der Waals surface area contributed by atoms with Gasteiger partial charge in [0.2, 0.25) is 0 Å². The fourth-order valence-corrected chi connectivity index (χ4v) is 1.64. The lowest BCUT2D eigenvalue weighted by atomic mass is 10.2. The van der Waals surface area contributed by atoms with E-state index in [0.717, 1.165) is 6.42 Å². The van der Waals surface area contributed by atoms with Crippen LogP contribution in [0.4, 0.5) is 0 Å². The molecule has 6 heteroatoms. The van der Waals surface area contributed by atoms with Crippen LogP contribution < -0.4 is 14.8 Å². The van der Waals surface area contributed by atoms with Crippen LogP contribution in [-0.4, -0.2) is 26.2 Å². The second-order valence-corrected chi connectivity index (χ2v) is 4.15. The molecule has 0 aliphatic rings. The second-order valence-electron chi connectivity index (χ2n) is 3.74. The van der Waals surface area contributed by atoms with Crippen molar-refractivity contribution >= 4 is 17.5 Å². The van der Waals surface area contributed by atoms with E-state index >= 15 is 0 Å². The molecule has 0 atom stereocenters. The predicted octanol–water partition coefficient (Wildman–Crippen LogP) is 2.13. The number of carbonyl (C=O) groups is 1. The minimum Gasteiger partial charge on any atom is -0.493 e. The highest BCUT2D eigenvalue weighted by Gasteiger charge is 2.13. The number of nitrogens with one attached hydrogen (secondary N) is 1. The molecule has 0 aliphatic carbocycles. The third-order valence-electron chi connectivity index (χ3n) is 2.28. The first kappa shape index (κ1) is 15.1. The third kappa shape index (κ3) is 4.34. The van der Waals surface area contributed by atoms with Gasteiger partial charge in [0.05, 0.1) is 23.8 Å². The van der Waals surface area contributed by atoms with Gasteiger partial charge in [-0.25, -0.2) is 0 Å². The lowest BCUT2D eigenvalue weighted by Gasteiger charge is -2.12. The van der Waals surface area contributed by atoms with Gasteiger partial charge in [0.15, 0.2) is 18.1 Å². The fraction of sp³-hybridized carbons (Fsp3) is 0.385. The molecule has 0 bridgehead atoms. The topological polar surface area (TPSA) is 71.3 Å². The van der Waals surface area contributed by atoms with Crippen molar-refractivity contribution < 1.29 is 14.3 Å². The van der Waals surface area contributed by atoms with E-state index < -0.39 is 0 Å². The van der Waals surface area contributed by atoms with E-state index in [4.69, 9.17) is 26.3 Å². The molecular weight excluding hydrogens is 268 g/mol. The van der Waals surface area contributed by atoms with Gasteiger partial charge in [0.25, 0.3) is 5.91 Å². The Morgan fingerprint density at radius 2 is 2.26 bits per heavy atom. The van der Waals surface area contributed by atoms with Crippen LogP contribution in [0, 0.1) is 11.3 Å². The highest BCUT2D eigenvalue weighted by Crippen LogP contribution is 2.36. The molecule has 0 fully saturated rings. The molecule has 102 valence electrons. The van der Waals surface area contributed by atoms with Crippen LogP contribution in [0.25, 0.3) is 0 Å². The Labute approximate surface area is 117 Å². The van der Waals surface area contributed by atoms with E-state index in [0.29, 0.717) is 17.9 Å². The maximum Gasteiger partial charge on any atom is 0.257 e. The van der Waals surface area contributed by atoms with E-state index in [1.807, 2.05) is 13.0 Å². The molecule has 0 aliphatic heterocycles. The highest BCUT2D eigenvalue weighted by molar-refractivity contribution is 6.32. The Bertz CT molecular complexity index is 497. The number of methoxy groups -OCH3 is 1. The van der Waals surface area contributed by atoms with Gasteiger partial charge < -0.3 is 14.8 Å². The van der Waals surface area contributed by atoms with E-state index in [-0.39, 0.29) is 23.3 Å². The predicted molar refractivity (Wildman–Crippen MR) is 71.5 cm³/mol. The molecule has 1 N–H and O–H groups in total. The highest BCUT2D eigenvalue weighted by atomic mass is 35.5. The minimum absolute atomic E-state index is 0.151. The number of nitrogens with zero attached hydrogens (tertiary/aromatic N) is 1. The van der Waals surface area contributed by atoms with Gasteiger partial charge in [-0.1, -0.05) is 18.5 Å². The lowest BCUT2D eigenvalue weighted by Crippen LogP contribution is -2.29. The van der Waals surface area contributed by atoms with E-state index in [1.54, 1.807) is 0 Å². The average Bonchev–Trinajstić information content (AvgIpc) is 2.42. The van der Waals surface area contributed by atoms with Crippen molar-refractivity contribution in [2.24, 2.45) is 0 Å². The fourth-order valence-electron chi connectivity index (χ4n) is 1.38. The van der Waals surface area contributed by atoms with E-state index in [2.05, 4.69) is 5.32 Å². The second kappa shape index (κ2) is 7.49.